The van der Waals surface area contributed by atoms with Gasteiger partial charge in [-0.15, -0.1) is 11.3 Å². The monoisotopic (exact) mass is 380 g/mol. The summed E-state index contributed by atoms with van der Waals surface area (Å²) in [6, 6.07) is 14.4. The molecular formula is C22H24N2O2S. The summed E-state index contributed by atoms with van der Waals surface area (Å²) in [5.41, 5.74) is 4.38. The number of para-hydroxylation sites is 1. The largest absolute Gasteiger partial charge is 0.496 e. The number of rotatable bonds is 5. The van der Waals surface area contributed by atoms with E-state index in [2.05, 4.69) is 43.4 Å². The number of anilines is 1. The minimum atomic E-state index is 0.247. The molecule has 0 amide bonds. The van der Waals surface area contributed by atoms with Gasteiger partial charge < -0.3 is 14.8 Å². The fourth-order valence-corrected chi connectivity index (χ4v) is 4.38. The van der Waals surface area contributed by atoms with E-state index in [4.69, 9.17) is 14.5 Å². The Bertz CT molecular complexity index is 951. The second-order valence-corrected chi connectivity index (χ2v) is 8.03. The van der Waals surface area contributed by atoms with Crippen molar-refractivity contribution in [3.05, 3.63) is 57.9 Å². The van der Waals surface area contributed by atoms with E-state index in [1.54, 1.807) is 18.4 Å². The van der Waals surface area contributed by atoms with Crippen LogP contribution in [0, 0.1) is 6.92 Å². The predicted molar refractivity (Wildman–Crippen MR) is 111 cm³/mol. The normalized spacial score (nSPS) is 15.6. The summed E-state index contributed by atoms with van der Waals surface area (Å²) in [6.45, 7) is 5.13. The number of methoxy groups -OCH3 is 1. The molecule has 27 heavy (non-hydrogen) atoms. The average Bonchev–Trinajstić information content (AvgIpc) is 3.07. The van der Waals surface area contributed by atoms with Gasteiger partial charge in [0.2, 0.25) is 0 Å². The molecule has 3 aromatic rings. The Labute approximate surface area is 164 Å². The number of aromatic nitrogens is 1. The maximum Gasteiger partial charge on any atom is 0.142 e. The maximum absolute atomic E-state index is 6.02. The molecule has 5 heteroatoms. The third-order valence-corrected chi connectivity index (χ3v) is 5.87. The van der Waals surface area contributed by atoms with E-state index in [9.17, 15) is 0 Å². The molecule has 2 aromatic carbocycles. The number of fused-ring (bicyclic) bond motifs is 1. The van der Waals surface area contributed by atoms with Gasteiger partial charge in [-0.2, -0.15) is 0 Å². The number of aryl methyl sites for hydroxylation is 1. The molecule has 1 N–H and O–H groups in total. The third-order valence-electron chi connectivity index (χ3n) is 4.90. The van der Waals surface area contributed by atoms with Gasteiger partial charge in [-0.1, -0.05) is 25.1 Å². The second kappa shape index (κ2) is 7.61. The molecule has 0 saturated carbocycles. The number of ether oxygens (including phenoxy) is 2. The highest BCUT2D eigenvalue weighted by Crippen LogP contribution is 2.36. The van der Waals surface area contributed by atoms with Crippen LogP contribution < -0.4 is 14.8 Å². The lowest BCUT2D eigenvalue weighted by Crippen LogP contribution is -2.29. The highest BCUT2D eigenvalue weighted by Gasteiger charge is 2.19. The number of benzene rings is 2. The second-order valence-electron chi connectivity index (χ2n) is 6.74. The van der Waals surface area contributed by atoms with Gasteiger partial charge in [0.05, 0.1) is 30.0 Å². The Morgan fingerprint density at radius 3 is 2.93 bits per heavy atom. The summed E-state index contributed by atoms with van der Waals surface area (Å²) in [5, 5.41) is 4.59. The van der Waals surface area contributed by atoms with Crippen molar-refractivity contribution in [3.63, 3.8) is 0 Å². The van der Waals surface area contributed by atoms with Crippen molar-refractivity contribution in [2.75, 3.05) is 19.0 Å². The Hall–Kier alpha value is -2.53. The summed E-state index contributed by atoms with van der Waals surface area (Å²) < 4.78 is 11.5. The number of nitrogens with zero attached hydrogens (tertiary/aromatic N) is 1. The predicted octanol–water partition coefficient (Wildman–Crippen LogP) is 5.30. The van der Waals surface area contributed by atoms with Crippen LogP contribution in [-0.2, 0) is 6.42 Å². The molecule has 1 aliphatic rings. The number of thiazole rings is 1. The van der Waals surface area contributed by atoms with Crippen LogP contribution in [0.5, 0.6) is 11.5 Å². The smallest absolute Gasteiger partial charge is 0.142 e. The van der Waals surface area contributed by atoms with E-state index in [1.165, 1.54) is 4.88 Å². The highest BCUT2D eigenvalue weighted by atomic mass is 32.1. The molecule has 0 spiro atoms. The van der Waals surface area contributed by atoms with Crippen molar-refractivity contribution in [1.29, 1.82) is 0 Å². The van der Waals surface area contributed by atoms with E-state index in [0.29, 0.717) is 0 Å². The first-order chi connectivity index (χ1) is 13.2. The Morgan fingerprint density at radius 2 is 2.11 bits per heavy atom. The molecule has 0 aliphatic carbocycles. The lowest BCUT2D eigenvalue weighted by molar-refractivity contribution is 0.202. The van der Waals surface area contributed by atoms with E-state index < -0.39 is 0 Å². The minimum absolute atomic E-state index is 0.247. The zero-order valence-corrected chi connectivity index (χ0v) is 16.7. The van der Waals surface area contributed by atoms with Crippen molar-refractivity contribution in [2.45, 2.75) is 32.8 Å². The first-order valence-electron chi connectivity index (χ1n) is 9.31. The molecule has 1 unspecified atom stereocenters. The van der Waals surface area contributed by atoms with Crippen molar-refractivity contribution in [3.8, 4) is 22.8 Å². The molecule has 140 valence electrons. The van der Waals surface area contributed by atoms with E-state index >= 15 is 0 Å². The molecule has 4 nitrogen and oxygen atoms in total. The molecular weight excluding hydrogens is 356 g/mol. The van der Waals surface area contributed by atoms with Crippen LogP contribution in [0.2, 0.25) is 0 Å². The van der Waals surface area contributed by atoms with Gasteiger partial charge in [-0.3, -0.25) is 0 Å². The molecule has 4 rings (SSSR count). The number of nitrogens with one attached hydrogen (secondary N) is 1. The summed E-state index contributed by atoms with van der Waals surface area (Å²) in [7, 11) is 1.71. The lowest BCUT2D eigenvalue weighted by Gasteiger charge is -2.26. The molecule has 1 aromatic heterocycles. The topological polar surface area (TPSA) is 43.4 Å². The van der Waals surface area contributed by atoms with Crippen molar-refractivity contribution >= 4 is 17.0 Å². The Kier molecular flexibility index (Phi) is 5.03. The quantitative estimate of drug-likeness (QED) is 0.652. The standard InChI is InChI=1S/C22H24N2O2S/c1-4-17-13-23-18-11-16(9-10-20(18)26-17)22-14(2)27-21(24-22)12-15-7-5-6-8-19(15)25-3/h5-11,17,23H,4,12-13H2,1-3H3. The third kappa shape index (κ3) is 3.65. The van der Waals surface area contributed by atoms with Crippen LogP contribution in [0.3, 0.4) is 0 Å². The zero-order chi connectivity index (χ0) is 18.8. The van der Waals surface area contributed by atoms with Crippen LogP contribution in [0.4, 0.5) is 5.69 Å². The summed E-state index contributed by atoms with van der Waals surface area (Å²) in [5.74, 6) is 1.84. The number of hydrogen-bond donors (Lipinski definition) is 1. The van der Waals surface area contributed by atoms with Gasteiger partial charge in [-0.25, -0.2) is 4.98 Å². The molecule has 0 bridgehead atoms. The van der Waals surface area contributed by atoms with E-state index in [-0.39, 0.29) is 6.10 Å². The van der Waals surface area contributed by atoms with Crippen LogP contribution in [0.15, 0.2) is 42.5 Å². The van der Waals surface area contributed by atoms with Crippen molar-refractivity contribution in [1.82, 2.24) is 4.98 Å². The fourth-order valence-electron chi connectivity index (χ4n) is 3.40. The van der Waals surface area contributed by atoms with Crippen LogP contribution in [0.1, 0.15) is 28.8 Å². The summed E-state index contributed by atoms with van der Waals surface area (Å²) in [6.07, 6.45) is 2.03. The van der Waals surface area contributed by atoms with Gasteiger partial charge in [0.25, 0.3) is 0 Å². The zero-order valence-electron chi connectivity index (χ0n) is 15.9. The first-order valence-corrected chi connectivity index (χ1v) is 10.1. The van der Waals surface area contributed by atoms with Crippen LogP contribution in [0.25, 0.3) is 11.3 Å². The van der Waals surface area contributed by atoms with Gasteiger partial charge in [0, 0.05) is 22.4 Å². The first kappa shape index (κ1) is 17.9. The minimum Gasteiger partial charge on any atom is -0.496 e. The molecule has 0 radical (unpaired) electrons. The Morgan fingerprint density at radius 1 is 1.26 bits per heavy atom. The maximum atomic E-state index is 6.02. The van der Waals surface area contributed by atoms with Gasteiger partial charge in [-0.05, 0) is 37.6 Å². The van der Waals surface area contributed by atoms with Gasteiger partial charge >= 0.3 is 0 Å². The van der Waals surface area contributed by atoms with Crippen LogP contribution >= 0.6 is 11.3 Å². The highest BCUT2D eigenvalue weighted by molar-refractivity contribution is 7.12. The molecule has 0 saturated heterocycles. The number of hydrogen-bond acceptors (Lipinski definition) is 5. The van der Waals surface area contributed by atoms with Crippen molar-refractivity contribution in [2.24, 2.45) is 0 Å². The van der Waals surface area contributed by atoms with E-state index in [1.807, 2.05) is 18.2 Å². The summed E-state index contributed by atoms with van der Waals surface area (Å²) >= 11 is 1.75. The molecule has 1 atom stereocenters. The molecule has 0 fully saturated rings. The van der Waals surface area contributed by atoms with Crippen molar-refractivity contribution < 1.29 is 9.47 Å². The van der Waals surface area contributed by atoms with Gasteiger partial charge in [0.15, 0.2) is 0 Å². The molecule has 1 aliphatic heterocycles. The van der Waals surface area contributed by atoms with Gasteiger partial charge in [0.1, 0.15) is 17.6 Å². The Balaban J connectivity index is 1.60. The lowest BCUT2D eigenvalue weighted by atomic mass is 10.1. The SMILES string of the molecule is CCC1CNc2cc(-c3nc(Cc4ccccc4OC)sc3C)ccc2O1. The molecule has 2 heterocycles. The van der Waals surface area contributed by atoms with Crippen LogP contribution in [-0.4, -0.2) is 24.7 Å². The summed E-state index contributed by atoms with van der Waals surface area (Å²) in [4.78, 5) is 6.15. The fraction of sp³-hybridized carbons (Fsp3) is 0.318. The van der Waals surface area contributed by atoms with E-state index in [0.717, 1.165) is 58.4 Å². The average molecular weight is 381 g/mol.